The lowest BCUT2D eigenvalue weighted by atomic mass is 10.0. The summed E-state index contributed by atoms with van der Waals surface area (Å²) in [6.07, 6.45) is 1.65. The number of urea groups is 1. The second-order valence-electron chi connectivity index (χ2n) is 5.10. The van der Waals surface area contributed by atoms with Crippen LogP contribution in [-0.2, 0) is 4.74 Å². The number of rotatable bonds is 6. The van der Waals surface area contributed by atoms with Crippen molar-refractivity contribution in [3.63, 3.8) is 0 Å². The summed E-state index contributed by atoms with van der Waals surface area (Å²) < 4.78 is 5.41. The average Bonchev–Trinajstić information content (AvgIpc) is 2.54. The van der Waals surface area contributed by atoms with Crippen molar-refractivity contribution in [1.82, 2.24) is 15.5 Å². The Kier molecular flexibility index (Phi) is 6.71. The maximum atomic E-state index is 11.7. The summed E-state index contributed by atoms with van der Waals surface area (Å²) >= 11 is 6.11. The Balaban J connectivity index is 2.04. The van der Waals surface area contributed by atoms with Gasteiger partial charge >= 0.3 is 6.03 Å². The Morgan fingerprint density at radius 2 is 2.18 bits per heavy atom. The van der Waals surface area contributed by atoms with Gasteiger partial charge in [0.25, 0.3) is 0 Å². The number of halogens is 1. The summed E-state index contributed by atoms with van der Waals surface area (Å²) in [5.74, 6) is 0. The van der Waals surface area contributed by atoms with Crippen molar-refractivity contribution in [2.24, 2.45) is 0 Å². The van der Waals surface area contributed by atoms with Crippen LogP contribution in [-0.4, -0.2) is 50.3 Å². The largest absolute Gasteiger partial charge is 0.379 e. The molecule has 0 spiro atoms. The van der Waals surface area contributed by atoms with E-state index in [0.717, 1.165) is 18.7 Å². The summed E-state index contributed by atoms with van der Waals surface area (Å²) in [4.78, 5) is 14.1. The fraction of sp³-hybridized carbons (Fsp3) is 0.438. The van der Waals surface area contributed by atoms with E-state index >= 15 is 0 Å². The van der Waals surface area contributed by atoms with Gasteiger partial charge in [0, 0.05) is 31.2 Å². The fourth-order valence-electron chi connectivity index (χ4n) is 2.48. The molecule has 2 amide bonds. The van der Waals surface area contributed by atoms with E-state index in [0.29, 0.717) is 31.3 Å². The van der Waals surface area contributed by atoms with E-state index in [9.17, 15) is 4.79 Å². The van der Waals surface area contributed by atoms with Crippen LogP contribution >= 0.6 is 11.6 Å². The highest BCUT2D eigenvalue weighted by Crippen LogP contribution is 2.23. The molecule has 1 heterocycles. The topological polar surface area (TPSA) is 53.6 Å². The molecule has 1 aromatic rings. The third-order valence-electron chi connectivity index (χ3n) is 3.58. The lowest BCUT2D eigenvalue weighted by Crippen LogP contribution is -2.45. The molecule has 120 valence electrons. The maximum Gasteiger partial charge on any atom is 0.315 e. The van der Waals surface area contributed by atoms with Crippen molar-refractivity contribution in [1.29, 1.82) is 0 Å². The summed E-state index contributed by atoms with van der Waals surface area (Å²) in [5.41, 5.74) is 1.10. The van der Waals surface area contributed by atoms with Gasteiger partial charge in [-0.05, 0) is 17.7 Å². The van der Waals surface area contributed by atoms with Crippen LogP contribution in [0.3, 0.4) is 0 Å². The minimum absolute atomic E-state index is 0.0806. The number of hydrogen-bond donors (Lipinski definition) is 2. The highest BCUT2D eigenvalue weighted by molar-refractivity contribution is 6.30. The molecule has 6 heteroatoms. The Labute approximate surface area is 136 Å². The van der Waals surface area contributed by atoms with Crippen molar-refractivity contribution in [3.8, 4) is 0 Å². The number of nitrogens with zero attached hydrogens (tertiary/aromatic N) is 1. The van der Waals surface area contributed by atoms with Crippen LogP contribution in [0.2, 0.25) is 5.02 Å². The molecular weight excluding hydrogens is 302 g/mol. The molecule has 0 radical (unpaired) electrons. The van der Waals surface area contributed by atoms with E-state index in [1.165, 1.54) is 0 Å². The van der Waals surface area contributed by atoms with E-state index in [-0.39, 0.29) is 12.1 Å². The predicted molar refractivity (Wildman–Crippen MR) is 88.2 cm³/mol. The number of morpholine rings is 1. The van der Waals surface area contributed by atoms with Crippen LogP contribution in [0.5, 0.6) is 0 Å². The molecule has 1 atom stereocenters. The maximum absolute atomic E-state index is 11.7. The molecule has 1 aliphatic heterocycles. The Hall–Kier alpha value is -1.56. The minimum Gasteiger partial charge on any atom is -0.379 e. The molecule has 22 heavy (non-hydrogen) atoms. The smallest absolute Gasteiger partial charge is 0.315 e. The Bertz CT molecular complexity index is 504. The molecule has 0 bridgehead atoms. The SMILES string of the molecule is C=CCNC(=O)NCC(c1cccc(Cl)c1)N1CCOCC1. The first-order valence-electron chi connectivity index (χ1n) is 7.40. The van der Waals surface area contributed by atoms with Gasteiger partial charge in [-0.2, -0.15) is 0 Å². The minimum atomic E-state index is -0.194. The molecule has 0 aromatic heterocycles. The van der Waals surface area contributed by atoms with Crippen molar-refractivity contribution in [2.75, 3.05) is 39.4 Å². The summed E-state index contributed by atoms with van der Waals surface area (Å²) in [7, 11) is 0. The molecule has 0 saturated carbocycles. The van der Waals surface area contributed by atoms with Crippen LogP contribution in [0, 0.1) is 0 Å². The molecule has 1 aromatic carbocycles. The van der Waals surface area contributed by atoms with E-state index in [4.69, 9.17) is 16.3 Å². The van der Waals surface area contributed by atoms with Crippen LogP contribution in [0.1, 0.15) is 11.6 Å². The van der Waals surface area contributed by atoms with E-state index in [1.54, 1.807) is 6.08 Å². The van der Waals surface area contributed by atoms with Gasteiger partial charge in [0.2, 0.25) is 0 Å². The number of carbonyl (C=O) groups is 1. The van der Waals surface area contributed by atoms with Crippen molar-refractivity contribution in [2.45, 2.75) is 6.04 Å². The van der Waals surface area contributed by atoms with Gasteiger partial charge in [-0.3, -0.25) is 4.90 Å². The van der Waals surface area contributed by atoms with E-state index in [2.05, 4.69) is 22.1 Å². The van der Waals surface area contributed by atoms with Gasteiger partial charge in [0.15, 0.2) is 0 Å². The molecule has 2 rings (SSSR count). The Morgan fingerprint density at radius 1 is 1.41 bits per heavy atom. The van der Waals surface area contributed by atoms with Crippen LogP contribution < -0.4 is 10.6 Å². The number of nitrogens with one attached hydrogen (secondary N) is 2. The molecule has 1 aliphatic rings. The van der Waals surface area contributed by atoms with E-state index < -0.39 is 0 Å². The van der Waals surface area contributed by atoms with E-state index in [1.807, 2.05) is 24.3 Å². The standard InChI is InChI=1S/C16H22ClN3O2/c1-2-6-18-16(21)19-12-15(20-7-9-22-10-8-20)13-4-3-5-14(17)11-13/h2-5,11,15H,1,6-10,12H2,(H2,18,19,21). The quantitative estimate of drug-likeness (QED) is 0.789. The van der Waals surface area contributed by atoms with Gasteiger partial charge < -0.3 is 15.4 Å². The molecule has 0 aliphatic carbocycles. The number of amides is 2. The van der Waals surface area contributed by atoms with Crippen molar-refractivity contribution < 1.29 is 9.53 Å². The summed E-state index contributed by atoms with van der Waals surface area (Å²) in [6.45, 7) is 7.64. The van der Waals surface area contributed by atoms with Gasteiger partial charge in [-0.15, -0.1) is 6.58 Å². The summed E-state index contributed by atoms with van der Waals surface area (Å²) in [6, 6.07) is 7.66. The number of hydrogen-bond acceptors (Lipinski definition) is 3. The Morgan fingerprint density at radius 3 is 2.86 bits per heavy atom. The molecule has 5 nitrogen and oxygen atoms in total. The average molecular weight is 324 g/mol. The summed E-state index contributed by atoms with van der Waals surface area (Å²) in [5, 5.41) is 6.33. The lowest BCUT2D eigenvalue weighted by molar-refractivity contribution is 0.0167. The van der Waals surface area contributed by atoms with Crippen LogP contribution in [0.4, 0.5) is 4.79 Å². The van der Waals surface area contributed by atoms with Crippen molar-refractivity contribution in [3.05, 3.63) is 47.5 Å². The van der Waals surface area contributed by atoms with Crippen LogP contribution in [0.15, 0.2) is 36.9 Å². The van der Waals surface area contributed by atoms with Crippen molar-refractivity contribution >= 4 is 17.6 Å². The molecular formula is C16H22ClN3O2. The zero-order valence-corrected chi connectivity index (χ0v) is 13.3. The normalized spacial score (nSPS) is 16.8. The van der Waals surface area contributed by atoms with Crippen LogP contribution in [0.25, 0.3) is 0 Å². The van der Waals surface area contributed by atoms with Gasteiger partial charge in [0.1, 0.15) is 0 Å². The molecule has 1 saturated heterocycles. The predicted octanol–water partition coefficient (Wildman–Crippen LogP) is 2.20. The fourth-order valence-corrected chi connectivity index (χ4v) is 2.68. The van der Waals surface area contributed by atoms with Gasteiger partial charge in [0.05, 0.1) is 19.3 Å². The molecule has 1 unspecified atom stereocenters. The number of benzene rings is 1. The second-order valence-corrected chi connectivity index (χ2v) is 5.54. The first-order chi connectivity index (χ1) is 10.7. The number of carbonyl (C=O) groups excluding carboxylic acids is 1. The number of ether oxygens (including phenoxy) is 1. The zero-order valence-electron chi connectivity index (χ0n) is 12.6. The highest BCUT2D eigenvalue weighted by atomic mass is 35.5. The third kappa shape index (κ3) is 5.02. The first-order valence-corrected chi connectivity index (χ1v) is 7.78. The highest BCUT2D eigenvalue weighted by Gasteiger charge is 2.23. The first kappa shape index (κ1) is 16.8. The lowest BCUT2D eigenvalue weighted by Gasteiger charge is -2.35. The third-order valence-corrected chi connectivity index (χ3v) is 3.82. The van der Waals surface area contributed by atoms with Gasteiger partial charge in [-0.25, -0.2) is 4.79 Å². The molecule has 1 fully saturated rings. The van der Waals surface area contributed by atoms with Gasteiger partial charge in [-0.1, -0.05) is 29.8 Å². The monoisotopic (exact) mass is 323 g/mol. The second kappa shape index (κ2) is 8.78. The zero-order chi connectivity index (χ0) is 15.8. The molecule has 2 N–H and O–H groups in total.